The fourth-order valence-corrected chi connectivity index (χ4v) is 5.96. The molecule has 2 amide bonds. The zero-order valence-electron chi connectivity index (χ0n) is 25.2. The average Bonchev–Trinajstić information content (AvgIpc) is 3.28. The van der Waals surface area contributed by atoms with Gasteiger partial charge in [0.2, 0.25) is 11.8 Å². The minimum Gasteiger partial charge on any atom is -0.465 e. The van der Waals surface area contributed by atoms with E-state index in [0.29, 0.717) is 28.1 Å². The van der Waals surface area contributed by atoms with Crippen LogP contribution in [-0.2, 0) is 11.8 Å². The van der Waals surface area contributed by atoms with Crippen LogP contribution in [0.25, 0.3) is 33.5 Å². The molecular weight excluding hydrogens is 565 g/mol. The number of pyridine rings is 2. The van der Waals surface area contributed by atoms with Crippen molar-refractivity contribution in [3.05, 3.63) is 72.4 Å². The van der Waals surface area contributed by atoms with Crippen LogP contribution < -0.4 is 10.2 Å². The number of hydrogen-bond donors (Lipinski definition) is 2. The number of anilines is 2. The minimum absolute atomic E-state index is 0.0576. The number of hydrogen-bond acceptors (Lipinski definition) is 7. The van der Waals surface area contributed by atoms with Crippen molar-refractivity contribution in [2.45, 2.75) is 46.1 Å². The predicted molar refractivity (Wildman–Crippen MR) is 163 cm³/mol. The molecule has 226 valence electrons. The third kappa shape index (κ3) is 5.06. The molecule has 1 fully saturated rings. The highest BCUT2D eigenvalue weighted by atomic mass is 19.1. The second kappa shape index (κ2) is 10.5. The maximum Gasteiger partial charge on any atom is 0.412 e. The molecule has 44 heavy (non-hydrogen) atoms. The molecule has 1 aliphatic carbocycles. The van der Waals surface area contributed by atoms with Gasteiger partial charge in [0.15, 0.2) is 5.82 Å². The Kier molecular flexibility index (Phi) is 6.94. The van der Waals surface area contributed by atoms with Gasteiger partial charge in [-0.1, -0.05) is 6.92 Å². The quantitative estimate of drug-likeness (QED) is 0.229. The normalized spacial score (nSPS) is 17.9. The molecule has 0 aliphatic heterocycles. The van der Waals surface area contributed by atoms with E-state index in [0.717, 1.165) is 10.5 Å². The number of halogens is 1. The van der Waals surface area contributed by atoms with Crippen molar-refractivity contribution in [3.63, 3.8) is 0 Å². The Hall–Kier alpha value is -5.13. The second-order valence-corrected chi connectivity index (χ2v) is 12.2. The monoisotopic (exact) mass is 597 g/mol. The number of nitrogens with zero attached hydrogens (tertiary/aromatic N) is 6. The number of carbonyl (C=O) groups is 2. The molecule has 3 atom stereocenters. The van der Waals surface area contributed by atoms with Gasteiger partial charge in [0, 0.05) is 59.5 Å². The van der Waals surface area contributed by atoms with Gasteiger partial charge in [-0.15, -0.1) is 0 Å². The van der Waals surface area contributed by atoms with E-state index in [1.165, 1.54) is 24.9 Å². The van der Waals surface area contributed by atoms with Crippen LogP contribution in [0.3, 0.4) is 0 Å². The maximum absolute atomic E-state index is 16.6. The smallest absolute Gasteiger partial charge is 0.412 e. The SMILES string of the molecule is Cc1cc(-c2ncco2)ncc1-c1cc2cc(NC(=O)C3C(C)C3c3cnn(C)c3)ncc2c(N(C(=O)O)C(C)(C)C)c1F. The Bertz CT molecular complexity index is 1910. The zero-order chi connectivity index (χ0) is 31.5. The summed E-state index contributed by atoms with van der Waals surface area (Å²) in [6, 6.07) is 5.00. The lowest BCUT2D eigenvalue weighted by Gasteiger charge is -2.34. The average molecular weight is 598 g/mol. The summed E-state index contributed by atoms with van der Waals surface area (Å²) in [5, 5.41) is 18.2. The van der Waals surface area contributed by atoms with Crippen LogP contribution >= 0.6 is 0 Å². The predicted octanol–water partition coefficient (Wildman–Crippen LogP) is 6.40. The Morgan fingerprint density at radius 2 is 1.86 bits per heavy atom. The first-order valence-electron chi connectivity index (χ1n) is 14.2. The minimum atomic E-state index is -1.31. The number of carboxylic acid groups (broad SMARTS) is 1. The van der Waals surface area contributed by atoms with Crippen molar-refractivity contribution in [3.8, 4) is 22.7 Å². The largest absolute Gasteiger partial charge is 0.465 e. The lowest BCUT2D eigenvalue weighted by Crippen LogP contribution is -2.45. The third-order valence-electron chi connectivity index (χ3n) is 8.12. The number of nitrogens with one attached hydrogen (secondary N) is 1. The first-order valence-corrected chi connectivity index (χ1v) is 14.2. The number of fused-ring (bicyclic) bond motifs is 1. The fraction of sp³-hybridized carbons (Fsp3) is 0.312. The van der Waals surface area contributed by atoms with Crippen LogP contribution in [0.4, 0.5) is 20.7 Å². The Labute approximate surface area is 252 Å². The molecule has 0 radical (unpaired) electrons. The molecule has 12 heteroatoms. The number of amides is 2. The van der Waals surface area contributed by atoms with Gasteiger partial charge in [0.1, 0.15) is 17.8 Å². The van der Waals surface area contributed by atoms with Crippen molar-refractivity contribution in [2.24, 2.45) is 18.9 Å². The lowest BCUT2D eigenvalue weighted by atomic mass is 9.95. The van der Waals surface area contributed by atoms with Crippen molar-refractivity contribution in [1.82, 2.24) is 24.7 Å². The molecule has 5 aromatic rings. The molecule has 2 N–H and O–H groups in total. The highest BCUT2D eigenvalue weighted by Crippen LogP contribution is 2.54. The molecule has 6 rings (SSSR count). The first-order chi connectivity index (χ1) is 20.8. The van der Waals surface area contributed by atoms with Crippen molar-refractivity contribution in [1.29, 1.82) is 0 Å². The molecule has 4 heterocycles. The Morgan fingerprint density at radius 1 is 1.09 bits per heavy atom. The molecule has 1 aliphatic rings. The summed E-state index contributed by atoms with van der Waals surface area (Å²) in [4.78, 5) is 39.8. The van der Waals surface area contributed by atoms with E-state index in [-0.39, 0.29) is 46.1 Å². The summed E-state index contributed by atoms with van der Waals surface area (Å²) in [6.45, 7) is 8.89. The molecule has 0 saturated heterocycles. The number of rotatable bonds is 6. The van der Waals surface area contributed by atoms with E-state index in [2.05, 4.69) is 25.4 Å². The van der Waals surface area contributed by atoms with E-state index in [9.17, 15) is 14.7 Å². The summed E-state index contributed by atoms with van der Waals surface area (Å²) < 4.78 is 23.7. The van der Waals surface area contributed by atoms with E-state index in [1.54, 1.807) is 56.8 Å². The van der Waals surface area contributed by atoms with Gasteiger partial charge in [-0.2, -0.15) is 5.10 Å². The van der Waals surface area contributed by atoms with Crippen LogP contribution in [0.2, 0.25) is 0 Å². The maximum atomic E-state index is 16.6. The van der Waals surface area contributed by atoms with Gasteiger partial charge >= 0.3 is 6.09 Å². The van der Waals surface area contributed by atoms with Gasteiger partial charge in [-0.3, -0.25) is 19.4 Å². The van der Waals surface area contributed by atoms with E-state index < -0.39 is 17.4 Å². The van der Waals surface area contributed by atoms with Gasteiger partial charge in [-0.05, 0) is 68.3 Å². The zero-order valence-corrected chi connectivity index (χ0v) is 25.2. The molecule has 1 saturated carbocycles. The Balaban J connectivity index is 1.44. The van der Waals surface area contributed by atoms with Gasteiger partial charge in [0.05, 0.1) is 18.1 Å². The molecule has 3 unspecified atom stereocenters. The van der Waals surface area contributed by atoms with Crippen LogP contribution in [0.1, 0.15) is 44.7 Å². The molecular formula is C32H32FN7O4. The number of oxazole rings is 1. The third-order valence-corrected chi connectivity index (χ3v) is 8.12. The second-order valence-electron chi connectivity index (χ2n) is 12.2. The molecule has 4 aromatic heterocycles. The molecule has 0 spiro atoms. The highest BCUT2D eigenvalue weighted by molar-refractivity contribution is 6.06. The summed E-state index contributed by atoms with van der Waals surface area (Å²) in [7, 11) is 1.84. The topological polar surface area (TPSA) is 139 Å². The van der Waals surface area contributed by atoms with E-state index in [4.69, 9.17) is 4.42 Å². The van der Waals surface area contributed by atoms with Crippen LogP contribution in [0, 0.1) is 24.6 Å². The van der Waals surface area contributed by atoms with Crippen LogP contribution in [0.15, 0.2) is 59.9 Å². The lowest BCUT2D eigenvalue weighted by molar-refractivity contribution is -0.117. The van der Waals surface area contributed by atoms with Gasteiger partial charge in [0.25, 0.3) is 0 Å². The van der Waals surface area contributed by atoms with E-state index in [1.807, 2.05) is 20.2 Å². The molecule has 1 aromatic carbocycles. The van der Waals surface area contributed by atoms with Crippen molar-refractivity contribution >= 4 is 34.3 Å². The van der Waals surface area contributed by atoms with Gasteiger partial charge in [-0.25, -0.2) is 19.2 Å². The summed E-state index contributed by atoms with van der Waals surface area (Å²) in [5.74, 6) is -0.346. The number of carbonyl (C=O) groups excluding carboxylic acids is 1. The summed E-state index contributed by atoms with van der Waals surface area (Å²) in [5.41, 5.74) is 1.67. The molecule has 11 nitrogen and oxygen atoms in total. The number of benzene rings is 1. The first kappa shape index (κ1) is 29.0. The van der Waals surface area contributed by atoms with Gasteiger partial charge < -0.3 is 14.8 Å². The summed E-state index contributed by atoms with van der Waals surface area (Å²) in [6.07, 6.45) is 8.25. The number of aryl methyl sites for hydroxylation is 2. The standard InChI is InChI=1S/C32H32FN7O4/c1-16-9-23(30-34-7-8-44-30)35-13-21(16)20-10-18-11-24(38-29(41)26-17(2)25(26)19-12-37-39(6)15-19)36-14-22(18)28(27(20)33)40(31(42)43)32(3,4)5/h7-15,17,25-26H,1-6H3,(H,42,43)(H,36,38,41). The summed E-state index contributed by atoms with van der Waals surface area (Å²) >= 11 is 0. The van der Waals surface area contributed by atoms with Crippen molar-refractivity contribution in [2.75, 3.05) is 10.2 Å². The van der Waals surface area contributed by atoms with E-state index >= 15 is 4.39 Å². The number of aromatic nitrogens is 5. The van der Waals surface area contributed by atoms with Crippen molar-refractivity contribution < 1.29 is 23.5 Å². The highest BCUT2D eigenvalue weighted by Gasteiger charge is 2.53. The fourth-order valence-electron chi connectivity index (χ4n) is 5.96. The molecule has 0 bridgehead atoms. The Morgan fingerprint density at radius 3 is 2.48 bits per heavy atom. The van der Waals surface area contributed by atoms with Crippen LogP contribution in [0.5, 0.6) is 0 Å². The van der Waals surface area contributed by atoms with Crippen LogP contribution in [-0.4, -0.2) is 47.4 Å².